The monoisotopic (exact) mass is 324 g/mol. The molecular weight excluding hydrogens is 313 g/mol. The van der Waals surface area contributed by atoms with Crippen LogP contribution in [0.5, 0.6) is 0 Å². The SMILES string of the molecule is CCCC(C(=O)O)c1ccc(C(F)(F)F)cc1Br. The van der Waals surface area contributed by atoms with Crippen molar-refractivity contribution in [2.75, 3.05) is 0 Å². The summed E-state index contributed by atoms with van der Waals surface area (Å²) in [6.45, 7) is 1.83. The molecule has 100 valence electrons. The first kappa shape index (κ1) is 15.0. The quantitative estimate of drug-likeness (QED) is 0.889. The molecule has 1 rings (SSSR count). The molecule has 0 saturated carbocycles. The van der Waals surface area contributed by atoms with Crippen LogP contribution in [0.25, 0.3) is 0 Å². The zero-order chi connectivity index (χ0) is 13.9. The van der Waals surface area contributed by atoms with Crippen molar-refractivity contribution < 1.29 is 23.1 Å². The predicted octanol–water partition coefficient (Wildman–Crippen LogP) is 4.44. The minimum Gasteiger partial charge on any atom is -0.481 e. The molecule has 6 heteroatoms. The van der Waals surface area contributed by atoms with E-state index in [2.05, 4.69) is 15.9 Å². The van der Waals surface area contributed by atoms with E-state index in [-0.39, 0.29) is 4.47 Å². The fraction of sp³-hybridized carbons (Fsp3) is 0.417. The summed E-state index contributed by atoms with van der Waals surface area (Å²) in [6, 6.07) is 3.05. The Hall–Kier alpha value is -1.04. The maximum absolute atomic E-state index is 12.5. The molecule has 0 aliphatic carbocycles. The van der Waals surface area contributed by atoms with Gasteiger partial charge in [0, 0.05) is 4.47 Å². The third-order valence-corrected chi connectivity index (χ3v) is 3.27. The molecule has 0 spiro atoms. The van der Waals surface area contributed by atoms with Crippen LogP contribution in [0.15, 0.2) is 22.7 Å². The number of hydrogen-bond acceptors (Lipinski definition) is 1. The molecule has 2 nitrogen and oxygen atoms in total. The highest BCUT2D eigenvalue weighted by molar-refractivity contribution is 9.10. The van der Waals surface area contributed by atoms with E-state index < -0.39 is 23.6 Å². The number of carboxylic acid groups (broad SMARTS) is 1. The molecule has 0 radical (unpaired) electrons. The lowest BCUT2D eigenvalue weighted by molar-refractivity contribution is -0.139. The first-order valence-corrected chi connectivity index (χ1v) is 6.16. The summed E-state index contributed by atoms with van der Waals surface area (Å²) in [6.07, 6.45) is -3.39. The van der Waals surface area contributed by atoms with Gasteiger partial charge in [0.15, 0.2) is 0 Å². The number of carbonyl (C=O) groups is 1. The predicted molar refractivity (Wildman–Crippen MR) is 64.4 cm³/mol. The number of benzene rings is 1. The van der Waals surface area contributed by atoms with Crippen molar-refractivity contribution in [1.29, 1.82) is 0 Å². The molecule has 0 saturated heterocycles. The lowest BCUT2D eigenvalue weighted by Crippen LogP contribution is -2.13. The van der Waals surface area contributed by atoms with Crippen LogP contribution in [0.3, 0.4) is 0 Å². The highest BCUT2D eigenvalue weighted by Crippen LogP contribution is 2.35. The fourth-order valence-corrected chi connectivity index (χ4v) is 2.34. The van der Waals surface area contributed by atoms with E-state index in [1.165, 1.54) is 6.07 Å². The van der Waals surface area contributed by atoms with Crippen LogP contribution >= 0.6 is 15.9 Å². The molecule has 0 heterocycles. The molecule has 0 amide bonds. The summed E-state index contributed by atoms with van der Waals surface area (Å²) in [4.78, 5) is 11.1. The standard InChI is InChI=1S/C12H12BrF3O2/c1-2-3-9(11(17)18)8-5-4-7(6-10(8)13)12(14,15)16/h4-6,9H,2-3H2,1H3,(H,17,18). The van der Waals surface area contributed by atoms with Gasteiger partial charge >= 0.3 is 12.1 Å². The van der Waals surface area contributed by atoms with E-state index in [1.54, 1.807) is 0 Å². The van der Waals surface area contributed by atoms with E-state index in [1.807, 2.05) is 6.92 Å². The minimum absolute atomic E-state index is 0.179. The summed E-state index contributed by atoms with van der Waals surface area (Å²) in [5.41, 5.74) is -0.420. The third kappa shape index (κ3) is 3.48. The summed E-state index contributed by atoms with van der Waals surface area (Å²) < 4.78 is 37.6. The van der Waals surface area contributed by atoms with Gasteiger partial charge in [-0.05, 0) is 24.1 Å². The van der Waals surface area contributed by atoms with Gasteiger partial charge in [-0.2, -0.15) is 13.2 Å². The largest absolute Gasteiger partial charge is 0.481 e. The Morgan fingerprint density at radius 3 is 2.44 bits per heavy atom. The van der Waals surface area contributed by atoms with Crippen LogP contribution in [0.4, 0.5) is 13.2 Å². The summed E-state index contributed by atoms with van der Waals surface area (Å²) in [7, 11) is 0. The van der Waals surface area contributed by atoms with Crippen LogP contribution in [0, 0.1) is 0 Å². The van der Waals surface area contributed by atoms with E-state index in [9.17, 15) is 18.0 Å². The van der Waals surface area contributed by atoms with Gasteiger partial charge in [-0.1, -0.05) is 35.3 Å². The highest BCUT2D eigenvalue weighted by atomic mass is 79.9. The van der Waals surface area contributed by atoms with Crippen LogP contribution in [0.1, 0.15) is 36.8 Å². The molecule has 1 atom stereocenters. The topological polar surface area (TPSA) is 37.3 Å². The van der Waals surface area contributed by atoms with Gasteiger partial charge in [-0.25, -0.2) is 0 Å². The Kier molecular flexibility index (Phi) is 4.78. The van der Waals surface area contributed by atoms with Gasteiger partial charge in [0.25, 0.3) is 0 Å². The van der Waals surface area contributed by atoms with Gasteiger partial charge in [0.2, 0.25) is 0 Å². The fourth-order valence-electron chi connectivity index (χ4n) is 1.69. The zero-order valence-electron chi connectivity index (χ0n) is 9.59. The van der Waals surface area contributed by atoms with Crippen molar-refractivity contribution in [3.8, 4) is 0 Å². The molecule has 0 aliphatic rings. The Morgan fingerprint density at radius 2 is 2.06 bits per heavy atom. The second-order valence-electron chi connectivity index (χ2n) is 3.91. The van der Waals surface area contributed by atoms with E-state index in [0.717, 1.165) is 12.1 Å². The molecular formula is C12H12BrF3O2. The lowest BCUT2D eigenvalue weighted by Gasteiger charge is -2.15. The molecule has 0 aromatic heterocycles. The summed E-state index contributed by atoms with van der Waals surface area (Å²) in [5, 5.41) is 9.07. The van der Waals surface area contributed by atoms with E-state index in [4.69, 9.17) is 5.11 Å². The number of alkyl halides is 3. The van der Waals surface area contributed by atoms with Crippen molar-refractivity contribution in [1.82, 2.24) is 0 Å². The van der Waals surface area contributed by atoms with Crippen molar-refractivity contribution in [3.05, 3.63) is 33.8 Å². The van der Waals surface area contributed by atoms with Gasteiger partial charge in [-0.15, -0.1) is 0 Å². The second-order valence-corrected chi connectivity index (χ2v) is 4.77. The first-order valence-electron chi connectivity index (χ1n) is 5.36. The van der Waals surface area contributed by atoms with E-state index >= 15 is 0 Å². The van der Waals surface area contributed by atoms with Gasteiger partial charge in [0.1, 0.15) is 0 Å². The number of hydrogen-bond donors (Lipinski definition) is 1. The number of aliphatic carboxylic acids is 1. The molecule has 1 aromatic carbocycles. The number of rotatable bonds is 4. The average molecular weight is 325 g/mol. The Labute approximate surface area is 111 Å². The first-order chi connectivity index (χ1) is 8.27. The maximum atomic E-state index is 12.5. The second kappa shape index (κ2) is 5.73. The van der Waals surface area contributed by atoms with Crippen LogP contribution < -0.4 is 0 Å². The summed E-state index contributed by atoms with van der Waals surface area (Å²) in [5.74, 6) is -1.82. The normalized spacial score (nSPS) is 13.4. The molecule has 18 heavy (non-hydrogen) atoms. The molecule has 0 bridgehead atoms. The van der Waals surface area contributed by atoms with E-state index in [0.29, 0.717) is 18.4 Å². The van der Waals surface area contributed by atoms with Crippen molar-refractivity contribution in [2.24, 2.45) is 0 Å². The minimum atomic E-state index is -4.43. The van der Waals surface area contributed by atoms with Crippen molar-refractivity contribution in [2.45, 2.75) is 31.9 Å². The van der Waals surface area contributed by atoms with Crippen molar-refractivity contribution in [3.63, 3.8) is 0 Å². The van der Waals surface area contributed by atoms with Crippen LogP contribution in [-0.2, 0) is 11.0 Å². The molecule has 0 fully saturated rings. The van der Waals surface area contributed by atoms with Gasteiger partial charge in [-0.3, -0.25) is 4.79 Å². The third-order valence-electron chi connectivity index (χ3n) is 2.58. The molecule has 0 aliphatic heterocycles. The smallest absolute Gasteiger partial charge is 0.416 e. The lowest BCUT2D eigenvalue weighted by atomic mass is 9.94. The van der Waals surface area contributed by atoms with Crippen LogP contribution in [0.2, 0.25) is 0 Å². The molecule has 1 N–H and O–H groups in total. The number of halogens is 4. The van der Waals surface area contributed by atoms with Gasteiger partial charge < -0.3 is 5.11 Å². The molecule has 1 unspecified atom stereocenters. The molecule has 1 aromatic rings. The highest BCUT2D eigenvalue weighted by Gasteiger charge is 2.32. The average Bonchev–Trinajstić information content (AvgIpc) is 2.24. The van der Waals surface area contributed by atoms with Gasteiger partial charge in [0.05, 0.1) is 11.5 Å². The Morgan fingerprint density at radius 1 is 1.44 bits per heavy atom. The zero-order valence-corrected chi connectivity index (χ0v) is 11.2. The van der Waals surface area contributed by atoms with Crippen LogP contribution in [-0.4, -0.2) is 11.1 Å². The Bertz CT molecular complexity index is 443. The Balaban J connectivity index is 3.15. The number of carboxylic acids is 1. The van der Waals surface area contributed by atoms with Crippen molar-refractivity contribution >= 4 is 21.9 Å². The maximum Gasteiger partial charge on any atom is 0.416 e. The summed E-state index contributed by atoms with van der Waals surface area (Å²) >= 11 is 3.02.